The lowest BCUT2D eigenvalue weighted by atomic mass is 10.3. The molecule has 0 aliphatic heterocycles. The van der Waals surface area contributed by atoms with Crippen molar-refractivity contribution in [3.05, 3.63) is 10.6 Å². The third-order valence-corrected chi connectivity index (χ3v) is 4.60. The van der Waals surface area contributed by atoms with Gasteiger partial charge < -0.3 is 19.9 Å². The number of nitrogens with one attached hydrogen (secondary N) is 1. The fourth-order valence-electron chi connectivity index (χ4n) is 1.89. The molecule has 1 aliphatic rings. The molecular weight excluding hydrogens is 272 g/mol. The van der Waals surface area contributed by atoms with E-state index in [0.29, 0.717) is 6.61 Å². The zero-order valence-electron chi connectivity index (χ0n) is 13.0. The van der Waals surface area contributed by atoms with Crippen LogP contribution in [0.25, 0.3) is 0 Å². The lowest BCUT2D eigenvalue weighted by molar-refractivity contribution is 0.181. The first kappa shape index (κ1) is 15.7. The Hall–Kier alpha value is -0.690. The molecule has 0 aromatic carbocycles. The molecule has 0 atom stereocenters. The van der Waals surface area contributed by atoms with E-state index < -0.39 is 0 Å². The molecule has 20 heavy (non-hydrogen) atoms. The molecule has 0 saturated heterocycles. The van der Waals surface area contributed by atoms with Gasteiger partial charge in [-0.2, -0.15) is 0 Å². The molecule has 0 unspecified atom stereocenters. The quantitative estimate of drug-likeness (QED) is 0.749. The third-order valence-electron chi connectivity index (χ3n) is 3.39. The predicted molar refractivity (Wildman–Crippen MR) is 84.5 cm³/mol. The van der Waals surface area contributed by atoms with Gasteiger partial charge in [-0.15, -0.1) is 11.3 Å². The number of methoxy groups -OCH3 is 1. The summed E-state index contributed by atoms with van der Waals surface area (Å²) in [6, 6.07) is 0.724. The van der Waals surface area contributed by atoms with Crippen molar-refractivity contribution in [1.82, 2.24) is 15.2 Å². The topological polar surface area (TPSA) is 40.6 Å². The van der Waals surface area contributed by atoms with Crippen molar-refractivity contribution in [2.45, 2.75) is 32.0 Å². The molecule has 2 rings (SSSR count). The summed E-state index contributed by atoms with van der Waals surface area (Å²) in [6.07, 6.45) is 2.63. The number of nitrogens with zero attached hydrogens (tertiary/aromatic N) is 3. The van der Waals surface area contributed by atoms with E-state index in [0.717, 1.165) is 36.5 Å². The maximum atomic E-state index is 5.27. The Morgan fingerprint density at radius 3 is 2.65 bits per heavy atom. The first-order chi connectivity index (χ1) is 9.60. The Morgan fingerprint density at radius 1 is 1.30 bits per heavy atom. The molecule has 0 radical (unpaired) electrons. The molecule has 1 N–H and O–H groups in total. The number of anilines is 1. The summed E-state index contributed by atoms with van der Waals surface area (Å²) in [5.74, 6) is 0. The van der Waals surface area contributed by atoms with Gasteiger partial charge in [-0.3, -0.25) is 0 Å². The number of thiazole rings is 1. The van der Waals surface area contributed by atoms with E-state index in [1.54, 1.807) is 18.4 Å². The van der Waals surface area contributed by atoms with E-state index in [1.165, 1.54) is 17.7 Å². The standard InChI is InChI=1S/C14H26N4OS/c1-17(2)7-8-18(3)14-16-12(10-19-4)13(20-14)9-15-11-5-6-11/h11,15H,5-10H2,1-4H3. The number of hydrogen-bond acceptors (Lipinski definition) is 6. The number of aromatic nitrogens is 1. The molecule has 1 aliphatic carbocycles. The van der Waals surface area contributed by atoms with E-state index in [2.05, 4.69) is 36.3 Å². The number of rotatable bonds is 9. The van der Waals surface area contributed by atoms with Crippen LogP contribution >= 0.6 is 11.3 Å². The van der Waals surface area contributed by atoms with E-state index in [4.69, 9.17) is 9.72 Å². The van der Waals surface area contributed by atoms with Gasteiger partial charge in [0.1, 0.15) is 0 Å². The van der Waals surface area contributed by atoms with Crippen LogP contribution in [-0.4, -0.2) is 57.3 Å². The Labute approximate surface area is 125 Å². The summed E-state index contributed by atoms with van der Waals surface area (Å²) in [4.78, 5) is 10.5. The lowest BCUT2D eigenvalue weighted by Gasteiger charge is -2.18. The van der Waals surface area contributed by atoms with E-state index in [1.807, 2.05) is 0 Å². The van der Waals surface area contributed by atoms with Gasteiger partial charge >= 0.3 is 0 Å². The maximum Gasteiger partial charge on any atom is 0.185 e. The first-order valence-electron chi connectivity index (χ1n) is 7.17. The number of hydrogen-bond donors (Lipinski definition) is 1. The second-order valence-corrected chi connectivity index (χ2v) is 6.74. The Bertz CT molecular complexity index is 417. The minimum atomic E-state index is 0.597. The predicted octanol–water partition coefficient (Wildman–Crippen LogP) is 1.54. The Morgan fingerprint density at radius 2 is 2.05 bits per heavy atom. The minimum absolute atomic E-state index is 0.597. The van der Waals surface area contributed by atoms with Crippen LogP contribution in [0.5, 0.6) is 0 Å². The molecule has 5 nitrogen and oxygen atoms in total. The Balaban J connectivity index is 1.98. The summed E-state index contributed by atoms with van der Waals surface area (Å²) in [7, 11) is 8.03. The summed E-state index contributed by atoms with van der Waals surface area (Å²) in [5.41, 5.74) is 1.08. The molecule has 0 spiro atoms. The Kier molecular flexibility index (Phi) is 5.77. The van der Waals surface area contributed by atoms with Gasteiger partial charge in [-0.25, -0.2) is 4.98 Å². The number of likely N-dealkylation sites (N-methyl/N-ethyl adjacent to an activating group) is 2. The summed E-state index contributed by atoms with van der Waals surface area (Å²) >= 11 is 1.78. The third kappa shape index (κ3) is 4.70. The summed E-state index contributed by atoms with van der Waals surface area (Å²) < 4.78 is 5.27. The van der Waals surface area contributed by atoms with Crippen LogP contribution < -0.4 is 10.2 Å². The average molecular weight is 298 g/mol. The minimum Gasteiger partial charge on any atom is -0.378 e. The number of ether oxygens (including phenoxy) is 1. The molecule has 1 aromatic heterocycles. The zero-order valence-corrected chi connectivity index (χ0v) is 13.8. The van der Waals surface area contributed by atoms with Crippen LogP contribution in [0.4, 0.5) is 5.13 Å². The highest BCUT2D eigenvalue weighted by atomic mass is 32.1. The van der Waals surface area contributed by atoms with Crippen LogP contribution in [0, 0.1) is 0 Å². The first-order valence-corrected chi connectivity index (χ1v) is 7.98. The molecule has 114 valence electrons. The second kappa shape index (κ2) is 7.36. The fraction of sp³-hybridized carbons (Fsp3) is 0.786. The smallest absolute Gasteiger partial charge is 0.185 e. The van der Waals surface area contributed by atoms with Gasteiger partial charge in [0.2, 0.25) is 0 Å². The summed E-state index contributed by atoms with van der Waals surface area (Å²) in [6.45, 7) is 3.54. The molecule has 0 bridgehead atoms. The van der Waals surface area contributed by atoms with Crippen molar-refractivity contribution >= 4 is 16.5 Å². The molecular formula is C14H26N4OS. The largest absolute Gasteiger partial charge is 0.378 e. The van der Waals surface area contributed by atoms with Crippen molar-refractivity contribution in [3.8, 4) is 0 Å². The zero-order chi connectivity index (χ0) is 14.5. The normalized spacial score (nSPS) is 15.1. The van der Waals surface area contributed by atoms with E-state index in [9.17, 15) is 0 Å². The highest BCUT2D eigenvalue weighted by Gasteiger charge is 2.22. The fourth-order valence-corrected chi connectivity index (χ4v) is 2.89. The van der Waals surface area contributed by atoms with Gasteiger partial charge in [0.05, 0.1) is 12.3 Å². The highest BCUT2D eigenvalue weighted by molar-refractivity contribution is 7.15. The van der Waals surface area contributed by atoms with Crippen LogP contribution in [0.2, 0.25) is 0 Å². The lowest BCUT2D eigenvalue weighted by Crippen LogP contribution is -2.28. The van der Waals surface area contributed by atoms with Crippen molar-refractivity contribution in [1.29, 1.82) is 0 Å². The molecule has 0 amide bonds. The SMILES string of the molecule is COCc1nc(N(C)CCN(C)C)sc1CNC1CC1. The molecule has 1 saturated carbocycles. The molecule has 1 aromatic rings. The molecule has 6 heteroatoms. The molecule has 1 heterocycles. The monoisotopic (exact) mass is 298 g/mol. The summed E-state index contributed by atoms with van der Waals surface area (Å²) in [5, 5.41) is 4.65. The van der Waals surface area contributed by atoms with E-state index >= 15 is 0 Å². The van der Waals surface area contributed by atoms with Gasteiger partial charge in [-0.1, -0.05) is 0 Å². The second-order valence-electron chi connectivity index (χ2n) is 5.68. The van der Waals surface area contributed by atoms with Crippen LogP contribution in [0.1, 0.15) is 23.4 Å². The average Bonchev–Trinajstić information content (AvgIpc) is 3.15. The highest BCUT2D eigenvalue weighted by Crippen LogP contribution is 2.27. The van der Waals surface area contributed by atoms with Crippen molar-refractivity contribution in [2.24, 2.45) is 0 Å². The maximum absolute atomic E-state index is 5.27. The van der Waals surface area contributed by atoms with Crippen LogP contribution in [0.15, 0.2) is 0 Å². The van der Waals surface area contributed by atoms with Gasteiger partial charge in [0.25, 0.3) is 0 Å². The van der Waals surface area contributed by atoms with Crippen LogP contribution in [0.3, 0.4) is 0 Å². The molecule has 1 fully saturated rings. The van der Waals surface area contributed by atoms with Crippen LogP contribution in [-0.2, 0) is 17.9 Å². The van der Waals surface area contributed by atoms with Gasteiger partial charge in [-0.05, 0) is 26.9 Å². The van der Waals surface area contributed by atoms with Crippen molar-refractivity contribution in [2.75, 3.05) is 46.2 Å². The van der Waals surface area contributed by atoms with Crippen molar-refractivity contribution in [3.63, 3.8) is 0 Å². The van der Waals surface area contributed by atoms with Crippen molar-refractivity contribution < 1.29 is 4.74 Å². The van der Waals surface area contributed by atoms with Gasteiger partial charge in [0, 0.05) is 44.7 Å². The van der Waals surface area contributed by atoms with Gasteiger partial charge in [0.15, 0.2) is 5.13 Å². The van der Waals surface area contributed by atoms with E-state index in [-0.39, 0.29) is 0 Å².